The molecule has 1 N–H and O–H groups in total. The first-order valence-electron chi connectivity index (χ1n) is 4.57. The fourth-order valence-electron chi connectivity index (χ4n) is 1.20. The van der Waals surface area contributed by atoms with Crippen molar-refractivity contribution >= 4 is 17.2 Å². The molecule has 2 heterocycles. The normalized spacial score (nSPS) is 10.5. The van der Waals surface area contributed by atoms with Crippen LogP contribution in [0, 0.1) is 10.1 Å². The van der Waals surface area contributed by atoms with Gasteiger partial charge in [-0.05, 0) is 6.07 Å². The Bertz CT molecular complexity index is 466. The summed E-state index contributed by atoms with van der Waals surface area (Å²) in [6, 6.07) is 2.95. The molecule has 0 bridgehead atoms. The van der Waals surface area contributed by atoms with Crippen LogP contribution in [0.4, 0.5) is 5.88 Å². The number of rotatable bonds is 5. The highest BCUT2D eigenvalue weighted by Gasteiger charge is 2.11. The first-order chi connectivity index (χ1) is 7.75. The van der Waals surface area contributed by atoms with Gasteiger partial charge in [-0.15, -0.1) is 11.3 Å². The van der Waals surface area contributed by atoms with Crippen LogP contribution >= 0.6 is 11.3 Å². The van der Waals surface area contributed by atoms with E-state index in [1.165, 1.54) is 6.07 Å². The highest BCUT2D eigenvalue weighted by atomic mass is 32.1. The van der Waals surface area contributed by atoms with Gasteiger partial charge in [-0.2, -0.15) is 0 Å². The maximum Gasteiger partial charge on any atom is 0.433 e. The lowest BCUT2D eigenvalue weighted by molar-refractivity contribution is -0.402. The van der Waals surface area contributed by atoms with Crippen molar-refractivity contribution in [3.8, 4) is 0 Å². The molecule has 0 radical (unpaired) electrons. The van der Waals surface area contributed by atoms with E-state index in [1.54, 1.807) is 29.1 Å². The molecule has 0 amide bonds. The maximum absolute atomic E-state index is 10.4. The summed E-state index contributed by atoms with van der Waals surface area (Å²) in [4.78, 5) is 14.9. The number of nitrogens with one attached hydrogen (secondary N) is 1. The third kappa shape index (κ3) is 2.65. The molecule has 2 aromatic rings. The summed E-state index contributed by atoms with van der Waals surface area (Å²) in [5.41, 5.74) is 1.76. The Balaban J connectivity index is 1.83. The van der Waals surface area contributed by atoms with Gasteiger partial charge in [0, 0.05) is 17.6 Å². The zero-order valence-corrected chi connectivity index (χ0v) is 9.07. The van der Waals surface area contributed by atoms with Crippen LogP contribution in [-0.2, 0) is 13.1 Å². The van der Waals surface area contributed by atoms with Crippen molar-refractivity contribution in [3.05, 3.63) is 44.6 Å². The number of furan rings is 1. The van der Waals surface area contributed by atoms with Crippen LogP contribution < -0.4 is 5.32 Å². The molecule has 0 fully saturated rings. The van der Waals surface area contributed by atoms with Gasteiger partial charge in [0.2, 0.25) is 0 Å². The van der Waals surface area contributed by atoms with Crippen molar-refractivity contribution in [3.63, 3.8) is 0 Å². The summed E-state index contributed by atoms with van der Waals surface area (Å²) in [5.74, 6) is 0.325. The van der Waals surface area contributed by atoms with Crippen molar-refractivity contribution < 1.29 is 9.34 Å². The average molecular weight is 239 g/mol. The minimum atomic E-state index is -0.549. The lowest BCUT2D eigenvalue weighted by Gasteiger charge is -1.98. The molecule has 7 heteroatoms. The summed E-state index contributed by atoms with van der Waals surface area (Å²) in [5, 5.41) is 13.5. The van der Waals surface area contributed by atoms with E-state index < -0.39 is 4.92 Å². The summed E-state index contributed by atoms with van der Waals surface area (Å²) in [7, 11) is 0. The molecule has 0 aliphatic rings. The zero-order chi connectivity index (χ0) is 11.4. The van der Waals surface area contributed by atoms with Gasteiger partial charge in [0.15, 0.2) is 0 Å². The second-order valence-corrected chi connectivity index (χ2v) is 4.04. The molecule has 6 nitrogen and oxygen atoms in total. The minimum absolute atomic E-state index is 0.227. The van der Waals surface area contributed by atoms with Crippen molar-refractivity contribution in [1.82, 2.24) is 10.3 Å². The Kier molecular flexibility index (Phi) is 3.28. The molecule has 0 atom stereocenters. The van der Waals surface area contributed by atoms with Crippen molar-refractivity contribution in [2.24, 2.45) is 0 Å². The van der Waals surface area contributed by atoms with Crippen molar-refractivity contribution in [2.45, 2.75) is 13.1 Å². The highest BCUT2D eigenvalue weighted by molar-refractivity contribution is 7.09. The predicted octanol–water partition coefficient (Wildman–Crippen LogP) is 1.93. The summed E-state index contributed by atoms with van der Waals surface area (Å²) >= 11 is 1.56. The van der Waals surface area contributed by atoms with Crippen LogP contribution in [-0.4, -0.2) is 9.91 Å². The highest BCUT2D eigenvalue weighted by Crippen LogP contribution is 2.15. The molecule has 0 aliphatic heterocycles. The fourth-order valence-corrected chi connectivity index (χ4v) is 1.76. The number of hydrogen-bond acceptors (Lipinski definition) is 6. The summed E-state index contributed by atoms with van der Waals surface area (Å²) in [6.45, 7) is 1.14. The van der Waals surface area contributed by atoms with Crippen LogP contribution in [0.3, 0.4) is 0 Å². The third-order valence-corrected chi connectivity index (χ3v) is 2.69. The van der Waals surface area contributed by atoms with Gasteiger partial charge in [-0.25, -0.2) is 0 Å². The Morgan fingerprint density at radius 2 is 2.38 bits per heavy atom. The number of hydrogen-bond donors (Lipinski definition) is 1. The largest absolute Gasteiger partial charge is 0.433 e. The van der Waals surface area contributed by atoms with Gasteiger partial charge < -0.3 is 9.73 Å². The van der Waals surface area contributed by atoms with Crippen molar-refractivity contribution in [1.29, 1.82) is 0 Å². The monoisotopic (exact) mass is 239 g/mol. The second-order valence-electron chi connectivity index (χ2n) is 3.07. The maximum atomic E-state index is 10.4. The van der Waals surface area contributed by atoms with Crippen LogP contribution in [0.25, 0.3) is 0 Å². The molecular formula is C9H9N3O3S. The predicted molar refractivity (Wildman–Crippen MR) is 58.0 cm³/mol. The molecule has 16 heavy (non-hydrogen) atoms. The van der Waals surface area contributed by atoms with Gasteiger partial charge in [0.05, 0.1) is 18.1 Å². The van der Waals surface area contributed by atoms with E-state index in [0.717, 1.165) is 4.88 Å². The second kappa shape index (κ2) is 4.86. The van der Waals surface area contributed by atoms with Crippen LogP contribution in [0.2, 0.25) is 0 Å². The SMILES string of the molecule is O=[N+]([O-])c1ccc(CNCc2cncs2)o1. The Morgan fingerprint density at radius 3 is 3.00 bits per heavy atom. The first kappa shape index (κ1) is 10.8. The average Bonchev–Trinajstić information content (AvgIpc) is 2.87. The van der Waals surface area contributed by atoms with E-state index in [4.69, 9.17) is 4.42 Å². The zero-order valence-electron chi connectivity index (χ0n) is 8.25. The Morgan fingerprint density at radius 1 is 1.50 bits per heavy atom. The smallest absolute Gasteiger partial charge is 0.404 e. The van der Waals surface area contributed by atoms with Gasteiger partial charge in [0.25, 0.3) is 0 Å². The number of nitro groups is 1. The molecule has 0 aliphatic carbocycles. The quantitative estimate of drug-likeness (QED) is 0.637. The van der Waals surface area contributed by atoms with Gasteiger partial charge >= 0.3 is 5.88 Å². The van der Waals surface area contributed by atoms with Gasteiger partial charge in [-0.1, -0.05) is 0 Å². The van der Waals surface area contributed by atoms with E-state index in [9.17, 15) is 10.1 Å². The first-order valence-corrected chi connectivity index (χ1v) is 5.45. The summed E-state index contributed by atoms with van der Waals surface area (Å²) in [6.07, 6.45) is 1.78. The van der Waals surface area contributed by atoms with Crippen LogP contribution in [0.1, 0.15) is 10.6 Å². The van der Waals surface area contributed by atoms with E-state index in [1.807, 2.05) is 0 Å². The fraction of sp³-hybridized carbons (Fsp3) is 0.222. The third-order valence-electron chi connectivity index (χ3n) is 1.91. The Hall–Kier alpha value is -1.73. The lowest BCUT2D eigenvalue weighted by Crippen LogP contribution is -2.10. The molecule has 2 rings (SSSR count). The topological polar surface area (TPSA) is 81.2 Å². The number of nitrogens with zero attached hydrogens (tertiary/aromatic N) is 2. The van der Waals surface area contributed by atoms with E-state index in [-0.39, 0.29) is 5.88 Å². The minimum Gasteiger partial charge on any atom is -0.404 e. The lowest BCUT2D eigenvalue weighted by atomic mass is 10.4. The van der Waals surface area contributed by atoms with Crippen molar-refractivity contribution in [2.75, 3.05) is 0 Å². The van der Waals surface area contributed by atoms with Gasteiger partial charge in [-0.3, -0.25) is 15.1 Å². The van der Waals surface area contributed by atoms with E-state index in [2.05, 4.69) is 10.3 Å². The number of aromatic nitrogens is 1. The molecule has 0 unspecified atom stereocenters. The molecule has 84 valence electrons. The van der Waals surface area contributed by atoms with Crippen LogP contribution in [0.15, 0.2) is 28.3 Å². The number of thiazole rings is 1. The van der Waals surface area contributed by atoms with Crippen LogP contribution in [0.5, 0.6) is 0 Å². The summed E-state index contributed by atoms with van der Waals surface area (Å²) < 4.78 is 4.99. The standard InChI is InChI=1S/C9H9N3O3S/c13-12(14)9-2-1-7(15-9)3-10-4-8-5-11-6-16-8/h1-2,5-6,10H,3-4H2. The Labute approximate surface area is 95.1 Å². The molecule has 0 aromatic carbocycles. The molecular weight excluding hydrogens is 230 g/mol. The molecule has 0 saturated heterocycles. The molecule has 0 saturated carbocycles. The molecule has 0 spiro atoms. The van der Waals surface area contributed by atoms with E-state index in [0.29, 0.717) is 18.8 Å². The van der Waals surface area contributed by atoms with E-state index >= 15 is 0 Å². The van der Waals surface area contributed by atoms with Gasteiger partial charge in [0.1, 0.15) is 10.7 Å². The molecule has 2 aromatic heterocycles.